The van der Waals surface area contributed by atoms with Crippen molar-refractivity contribution in [2.45, 2.75) is 148 Å². The van der Waals surface area contributed by atoms with Gasteiger partial charge in [0.05, 0.1) is 17.9 Å². The zero-order valence-corrected chi connectivity index (χ0v) is 39.5. The Kier molecular flexibility index (Phi) is 10.2. The number of carboxylic acids is 1. The van der Waals surface area contributed by atoms with Crippen LogP contribution in [-0.4, -0.2) is 87.4 Å². The number of halogens is 1. The number of carbonyl (C=O) groups is 5. The predicted molar refractivity (Wildman–Crippen MR) is 238 cm³/mol. The van der Waals surface area contributed by atoms with Gasteiger partial charge in [-0.1, -0.05) is 72.6 Å². The Morgan fingerprint density at radius 3 is 2.19 bits per heavy atom. The van der Waals surface area contributed by atoms with E-state index >= 15 is 0 Å². The summed E-state index contributed by atoms with van der Waals surface area (Å²) in [5, 5.41) is 31.7. The molecule has 13 heteroatoms. The number of esters is 1. The Hall–Kier alpha value is -2.85. The molecule has 338 valence electrons. The van der Waals surface area contributed by atoms with E-state index < -0.39 is 40.3 Å². The van der Waals surface area contributed by atoms with Crippen LogP contribution in [0.3, 0.4) is 0 Å². The van der Waals surface area contributed by atoms with Crippen LogP contribution >= 0.6 is 20.2 Å². The first-order chi connectivity index (χ1) is 29.0. The number of ether oxygens (including phenoxy) is 1. The summed E-state index contributed by atoms with van der Waals surface area (Å²) in [4.78, 5) is 66.9. The number of Topliss-reactive ketones (excluding diaryl/α,β-unsaturated/α-hetero) is 1. The fourth-order valence-corrected chi connectivity index (χ4v) is 18.4. The highest BCUT2D eigenvalue weighted by Gasteiger charge is 2.83. The molecule has 0 aromatic heterocycles. The molecule has 7 fully saturated rings. The van der Waals surface area contributed by atoms with Gasteiger partial charge in [-0.05, 0) is 127 Å². The highest BCUT2D eigenvalue weighted by atomic mass is 35.5. The van der Waals surface area contributed by atoms with Crippen molar-refractivity contribution in [2.24, 2.45) is 56.7 Å². The molecule has 2 aliphatic heterocycles. The predicted octanol–water partition coefficient (Wildman–Crippen LogP) is 7.08. The van der Waals surface area contributed by atoms with Crippen LogP contribution in [0, 0.1) is 56.7 Å². The zero-order valence-electron chi connectivity index (χ0n) is 37.8. The normalized spacial score (nSPS) is 42.8. The van der Waals surface area contributed by atoms with Crippen LogP contribution in [0.2, 0.25) is 5.02 Å². The van der Waals surface area contributed by atoms with Gasteiger partial charge in [-0.2, -0.15) is 0 Å². The van der Waals surface area contributed by atoms with Gasteiger partial charge in [0.25, 0.3) is 5.91 Å². The number of aliphatic carboxylic acids is 1. The van der Waals surface area contributed by atoms with Crippen molar-refractivity contribution in [1.29, 1.82) is 0 Å². The first-order valence-corrected chi connectivity index (χ1v) is 24.6. The van der Waals surface area contributed by atoms with Gasteiger partial charge in [-0.3, -0.25) is 24.0 Å². The molecule has 1 aromatic rings. The lowest BCUT2D eigenvalue weighted by atomic mass is 9.33. The van der Waals surface area contributed by atoms with Gasteiger partial charge in [0, 0.05) is 52.4 Å². The number of nitrogens with one attached hydrogen (secondary N) is 3. The first kappa shape index (κ1) is 44.4. The number of hydrogen-bond acceptors (Lipinski definition) is 8. The molecule has 8 aliphatic rings. The van der Waals surface area contributed by atoms with Gasteiger partial charge in [-0.15, -0.1) is 8.58 Å². The van der Waals surface area contributed by atoms with Gasteiger partial charge >= 0.3 is 11.9 Å². The number of benzene rings is 1. The minimum atomic E-state index is -1.16. The summed E-state index contributed by atoms with van der Waals surface area (Å²) in [6.07, 6.45) is 6.88. The standard InChI is InChI=1S/C49H67ClN3O8P/c1-26(2)36-32(54)22-47(34(55)23-52-41(60)48(24-51-25-48)53-38(56)27-9-11-28(50)12-10-27)19-17-43(5)29(37(36)47)13-14-33-44(43,6)18-20-49-45(33,7)16-15-35(46(49,8)62-49)61-40(59)31-21-30(39(57)58)42(31,3)4/h9-12,26,29-31,33-35,51,55,62H,13-25H2,1-8H3,(H,52,60)(H,53,56)(H,57,58)/t29-,30+,31-,33+,34+,35+,43-,44-,45-,46-,47+,49+/m1/s1. The molecule has 2 saturated heterocycles. The maximum Gasteiger partial charge on any atom is 0.309 e. The molecular formula is C49H67ClN3O8P. The SMILES string of the molecule is CC(C)C1=C2[C@H]3CC[C@@H]4[C@@]5(C)CC[C@H](OC(=O)[C@H]6C[C@@H](C(=O)O)C6(C)C)[C@@]6(C)P[C@@]56CC[C@@]4(C)[C@]3(C)CC[C@@]2([C@@H](O)CNC(=O)C2(NC(=O)c3ccc(Cl)cc3)CNC2)CC1=O. The van der Waals surface area contributed by atoms with Crippen LogP contribution in [0.25, 0.3) is 0 Å². The molecule has 62 heavy (non-hydrogen) atoms. The Morgan fingerprint density at radius 1 is 0.903 bits per heavy atom. The summed E-state index contributed by atoms with van der Waals surface area (Å²) < 4.78 is 6.46. The average molecular weight is 893 g/mol. The van der Waals surface area contributed by atoms with Gasteiger partial charge in [0.1, 0.15) is 11.6 Å². The van der Waals surface area contributed by atoms with E-state index in [9.17, 15) is 34.2 Å². The molecule has 6 aliphatic carbocycles. The molecule has 5 N–H and O–H groups in total. The molecule has 1 spiro atoms. The monoisotopic (exact) mass is 891 g/mol. The quantitative estimate of drug-likeness (QED) is 0.122. The molecule has 5 saturated carbocycles. The number of allylic oxidation sites excluding steroid dienone is 1. The number of rotatable bonds is 10. The number of aliphatic hydroxyl groups excluding tert-OH is 1. The van der Waals surface area contributed by atoms with Crippen LogP contribution < -0.4 is 16.0 Å². The number of carboxylic acid groups (broad SMARTS) is 1. The fraction of sp³-hybridized carbons (Fsp3) is 0.735. The lowest BCUT2D eigenvalue weighted by Gasteiger charge is -2.71. The third kappa shape index (κ3) is 5.81. The second-order valence-electron chi connectivity index (χ2n) is 22.7. The largest absolute Gasteiger partial charge is 0.481 e. The van der Waals surface area contributed by atoms with E-state index in [4.69, 9.17) is 16.3 Å². The minimum Gasteiger partial charge on any atom is -0.481 e. The third-order valence-electron chi connectivity index (χ3n) is 19.8. The zero-order chi connectivity index (χ0) is 44.8. The lowest BCUT2D eigenvalue weighted by Crippen LogP contribution is -2.75. The van der Waals surface area contributed by atoms with Crippen LogP contribution in [0.15, 0.2) is 35.4 Å². The lowest BCUT2D eigenvalue weighted by molar-refractivity contribution is -0.200. The van der Waals surface area contributed by atoms with Crippen LogP contribution in [-0.2, 0) is 23.9 Å². The maximum absolute atomic E-state index is 14.3. The van der Waals surface area contributed by atoms with E-state index in [1.165, 1.54) is 0 Å². The van der Waals surface area contributed by atoms with E-state index in [1.54, 1.807) is 24.3 Å². The average Bonchev–Trinajstić information content (AvgIpc) is 3.71. The van der Waals surface area contributed by atoms with Crippen molar-refractivity contribution in [2.75, 3.05) is 19.6 Å². The van der Waals surface area contributed by atoms with Crippen molar-refractivity contribution in [3.05, 3.63) is 46.0 Å². The van der Waals surface area contributed by atoms with Crippen LogP contribution in [0.5, 0.6) is 0 Å². The Morgan fingerprint density at radius 2 is 1.58 bits per heavy atom. The summed E-state index contributed by atoms with van der Waals surface area (Å²) in [6, 6.07) is 6.52. The van der Waals surface area contributed by atoms with E-state index in [2.05, 4.69) is 57.5 Å². The third-order valence-corrected chi connectivity index (χ3v) is 22.8. The molecular weight excluding hydrogens is 825 g/mol. The molecule has 2 amide bonds. The summed E-state index contributed by atoms with van der Waals surface area (Å²) in [6.45, 7) is 18.4. The second-order valence-corrected chi connectivity index (χ2v) is 25.3. The molecule has 9 rings (SSSR count). The van der Waals surface area contributed by atoms with Crippen molar-refractivity contribution in [3.63, 3.8) is 0 Å². The summed E-state index contributed by atoms with van der Waals surface area (Å²) in [5.41, 5.74) is -0.210. The number of carbonyl (C=O) groups excluding carboxylic acids is 4. The second kappa shape index (κ2) is 14.3. The van der Waals surface area contributed by atoms with Crippen molar-refractivity contribution in [3.8, 4) is 0 Å². The van der Waals surface area contributed by atoms with Crippen LogP contribution in [0.4, 0.5) is 0 Å². The summed E-state index contributed by atoms with van der Waals surface area (Å²) >= 11 is 6.04. The topological polar surface area (TPSA) is 171 Å². The maximum atomic E-state index is 14.3. The van der Waals surface area contributed by atoms with E-state index in [0.717, 1.165) is 56.1 Å². The van der Waals surface area contributed by atoms with Crippen molar-refractivity contribution < 1.29 is 38.9 Å². The first-order valence-electron chi connectivity index (χ1n) is 23.2. The number of amides is 2. The molecule has 11 nitrogen and oxygen atoms in total. The van der Waals surface area contributed by atoms with Gasteiger partial charge in [-0.25, -0.2) is 0 Å². The molecule has 0 radical (unpaired) electrons. The highest BCUT2D eigenvalue weighted by Crippen LogP contribution is 2.89. The number of aliphatic hydroxyl groups is 1. The molecule has 0 bridgehead atoms. The smallest absolute Gasteiger partial charge is 0.309 e. The molecule has 1 unspecified atom stereocenters. The number of fused-ring (bicyclic) bond motifs is 6. The van der Waals surface area contributed by atoms with E-state index in [0.29, 0.717) is 37.9 Å². The van der Waals surface area contributed by atoms with Gasteiger partial charge in [0.2, 0.25) is 5.91 Å². The Labute approximate surface area is 373 Å². The number of ketones is 1. The van der Waals surface area contributed by atoms with Gasteiger partial charge in [0.15, 0.2) is 5.78 Å². The molecule has 2 heterocycles. The van der Waals surface area contributed by atoms with E-state index in [1.807, 2.05) is 13.8 Å². The number of hydrogen-bond donors (Lipinski definition) is 5. The summed E-state index contributed by atoms with van der Waals surface area (Å²) in [5.74, 6) is -2.04. The van der Waals surface area contributed by atoms with Crippen LogP contribution in [0.1, 0.15) is 130 Å². The fourth-order valence-electron chi connectivity index (χ4n) is 15.6. The van der Waals surface area contributed by atoms with Crippen molar-refractivity contribution >= 4 is 49.7 Å². The summed E-state index contributed by atoms with van der Waals surface area (Å²) in [7, 11) is 0.706. The Bertz CT molecular complexity index is 2160. The molecule has 13 atom stereocenters. The van der Waals surface area contributed by atoms with Crippen molar-refractivity contribution in [1.82, 2.24) is 16.0 Å². The van der Waals surface area contributed by atoms with E-state index in [-0.39, 0.29) is 94.1 Å². The molecule has 1 aromatic carbocycles. The minimum absolute atomic E-state index is 0.000438. The highest BCUT2D eigenvalue weighted by molar-refractivity contribution is 7.52. The van der Waals surface area contributed by atoms with Gasteiger partial charge < -0.3 is 30.9 Å². The Balaban J connectivity index is 0.936.